The van der Waals surface area contributed by atoms with Crippen LogP contribution in [0.1, 0.15) is 18.4 Å². The number of fused-ring (bicyclic) bond motifs is 1. The number of benzene rings is 1. The SMILES string of the molecule is Cc1ccc(S(=O)(=O)N2CC3CC4COC2C3C4)cc1. The van der Waals surface area contributed by atoms with E-state index in [1.165, 1.54) is 0 Å². The quantitative estimate of drug-likeness (QED) is 0.838. The summed E-state index contributed by atoms with van der Waals surface area (Å²) in [4.78, 5) is 0.383. The molecule has 4 unspecified atom stereocenters. The van der Waals surface area contributed by atoms with Gasteiger partial charge in [0.05, 0.1) is 11.5 Å². The van der Waals surface area contributed by atoms with Crippen molar-refractivity contribution in [1.29, 1.82) is 0 Å². The van der Waals surface area contributed by atoms with Gasteiger partial charge in [-0.2, -0.15) is 4.31 Å². The molecule has 5 heteroatoms. The van der Waals surface area contributed by atoms with Gasteiger partial charge in [0, 0.05) is 12.5 Å². The highest BCUT2D eigenvalue weighted by Crippen LogP contribution is 2.50. The van der Waals surface area contributed by atoms with Crippen LogP contribution in [0.2, 0.25) is 0 Å². The third-order valence-electron chi connectivity index (χ3n) is 5.04. The summed E-state index contributed by atoms with van der Waals surface area (Å²) in [5.41, 5.74) is 1.07. The summed E-state index contributed by atoms with van der Waals surface area (Å²) in [6.07, 6.45) is 2.03. The molecule has 0 aromatic heterocycles. The molecule has 1 aliphatic carbocycles. The lowest BCUT2D eigenvalue weighted by Crippen LogP contribution is -2.43. The molecular formula is C15H19NO3S. The molecule has 4 atom stereocenters. The van der Waals surface area contributed by atoms with Crippen molar-refractivity contribution in [3.05, 3.63) is 29.8 Å². The Balaban J connectivity index is 1.69. The lowest BCUT2D eigenvalue weighted by molar-refractivity contribution is -0.0682. The van der Waals surface area contributed by atoms with E-state index in [2.05, 4.69) is 0 Å². The minimum Gasteiger partial charge on any atom is -0.362 e. The molecule has 4 nitrogen and oxygen atoms in total. The number of hydrogen-bond acceptors (Lipinski definition) is 3. The van der Waals surface area contributed by atoms with Crippen LogP contribution in [0.5, 0.6) is 0 Å². The minimum atomic E-state index is -3.43. The molecule has 1 aromatic carbocycles. The van der Waals surface area contributed by atoms with Gasteiger partial charge in [0.1, 0.15) is 6.23 Å². The predicted molar refractivity (Wildman–Crippen MR) is 74.5 cm³/mol. The van der Waals surface area contributed by atoms with E-state index in [1.807, 2.05) is 19.1 Å². The molecule has 2 aliphatic heterocycles. The molecule has 2 heterocycles. The molecule has 0 spiro atoms. The second-order valence-corrected chi connectivity index (χ2v) is 8.26. The second kappa shape index (κ2) is 4.29. The van der Waals surface area contributed by atoms with E-state index in [4.69, 9.17) is 4.74 Å². The van der Waals surface area contributed by atoms with Crippen molar-refractivity contribution in [2.24, 2.45) is 17.8 Å². The Morgan fingerprint density at radius 3 is 2.70 bits per heavy atom. The van der Waals surface area contributed by atoms with E-state index < -0.39 is 10.0 Å². The zero-order chi connectivity index (χ0) is 13.9. The minimum absolute atomic E-state index is 0.231. The van der Waals surface area contributed by atoms with E-state index in [9.17, 15) is 8.42 Å². The van der Waals surface area contributed by atoms with Gasteiger partial charge in [-0.3, -0.25) is 0 Å². The standard InChI is InChI=1S/C15H19NO3S/c1-10-2-4-13(5-3-10)20(17,18)16-8-12-6-11-7-14(12)15(16)19-9-11/h2-5,11-12,14-15H,6-9H2,1H3. The van der Waals surface area contributed by atoms with Gasteiger partial charge >= 0.3 is 0 Å². The normalized spacial score (nSPS) is 36.5. The fraction of sp³-hybridized carbons (Fsp3) is 0.600. The summed E-state index contributed by atoms with van der Waals surface area (Å²) < 4.78 is 33.1. The van der Waals surface area contributed by atoms with Crippen LogP contribution < -0.4 is 0 Å². The maximum atomic E-state index is 12.8. The Morgan fingerprint density at radius 1 is 1.20 bits per heavy atom. The highest BCUT2D eigenvalue weighted by Gasteiger charge is 2.54. The van der Waals surface area contributed by atoms with E-state index >= 15 is 0 Å². The van der Waals surface area contributed by atoms with Crippen molar-refractivity contribution in [3.63, 3.8) is 0 Å². The Labute approximate surface area is 119 Å². The molecule has 0 N–H and O–H groups in total. The molecule has 20 heavy (non-hydrogen) atoms. The van der Waals surface area contributed by atoms with Crippen molar-refractivity contribution in [2.45, 2.75) is 30.9 Å². The molecule has 0 amide bonds. The van der Waals surface area contributed by atoms with E-state index in [-0.39, 0.29) is 6.23 Å². The van der Waals surface area contributed by atoms with Gasteiger partial charge in [-0.05, 0) is 43.7 Å². The molecule has 1 aromatic rings. The van der Waals surface area contributed by atoms with Gasteiger partial charge in [-0.25, -0.2) is 8.42 Å². The summed E-state index contributed by atoms with van der Waals surface area (Å²) in [5.74, 6) is 1.56. The largest absolute Gasteiger partial charge is 0.362 e. The Morgan fingerprint density at radius 2 is 1.95 bits per heavy atom. The van der Waals surface area contributed by atoms with Crippen LogP contribution in [0.3, 0.4) is 0 Å². The van der Waals surface area contributed by atoms with Crippen LogP contribution >= 0.6 is 0 Å². The first kappa shape index (κ1) is 12.8. The number of rotatable bonds is 2. The first-order chi connectivity index (χ1) is 9.55. The number of ether oxygens (including phenoxy) is 1. The van der Waals surface area contributed by atoms with Crippen molar-refractivity contribution in [2.75, 3.05) is 13.2 Å². The fourth-order valence-electron chi connectivity index (χ4n) is 4.04. The van der Waals surface area contributed by atoms with Gasteiger partial charge < -0.3 is 4.74 Å². The van der Waals surface area contributed by atoms with Crippen molar-refractivity contribution in [1.82, 2.24) is 4.31 Å². The van der Waals surface area contributed by atoms with Crippen LogP contribution in [0.4, 0.5) is 0 Å². The molecule has 1 saturated carbocycles. The van der Waals surface area contributed by atoms with Crippen LogP contribution in [0.25, 0.3) is 0 Å². The van der Waals surface area contributed by atoms with Crippen LogP contribution in [0, 0.1) is 24.7 Å². The zero-order valence-corrected chi connectivity index (χ0v) is 12.3. The van der Waals surface area contributed by atoms with Crippen LogP contribution in [0.15, 0.2) is 29.2 Å². The van der Waals surface area contributed by atoms with E-state index in [0.717, 1.165) is 25.0 Å². The number of nitrogens with zero attached hydrogens (tertiary/aromatic N) is 1. The third kappa shape index (κ3) is 1.76. The van der Waals surface area contributed by atoms with Crippen LogP contribution in [-0.2, 0) is 14.8 Å². The number of aryl methyl sites for hydroxylation is 1. The highest BCUT2D eigenvalue weighted by atomic mass is 32.2. The van der Waals surface area contributed by atoms with Crippen LogP contribution in [-0.4, -0.2) is 32.1 Å². The lowest BCUT2D eigenvalue weighted by atomic mass is 9.99. The summed E-state index contributed by atoms with van der Waals surface area (Å²) >= 11 is 0. The smallest absolute Gasteiger partial charge is 0.245 e. The van der Waals surface area contributed by atoms with Crippen molar-refractivity contribution in [3.8, 4) is 0 Å². The lowest BCUT2D eigenvalue weighted by Gasteiger charge is -2.32. The van der Waals surface area contributed by atoms with Gasteiger partial charge in [0.2, 0.25) is 10.0 Å². The summed E-state index contributed by atoms with van der Waals surface area (Å²) in [5, 5.41) is 0. The topological polar surface area (TPSA) is 46.6 Å². The van der Waals surface area contributed by atoms with Crippen molar-refractivity contribution >= 4 is 10.0 Å². The Hall–Kier alpha value is -0.910. The molecule has 4 rings (SSSR count). The molecule has 2 saturated heterocycles. The molecule has 2 bridgehead atoms. The zero-order valence-electron chi connectivity index (χ0n) is 11.5. The average Bonchev–Trinajstić information content (AvgIpc) is 2.90. The predicted octanol–water partition coefficient (Wildman–Crippen LogP) is 2.00. The molecule has 108 valence electrons. The average molecular weight is 293 g/mol. The first-order valence-corrected chi connectivity index (χ1v) is 8.70. The van der Waals surface area contributed by atoms with Crippen molar-refractivity contribution < 1.29 is 13.2 Å². The number of sulfonamides is 1. The summed E-state index contributed by atoms with van der Waals surface area (Å²) in [6, 6.07) is 7.10. The van der Waals surface area contributed by atoms with Gasteiger partial charge in [-0.1, -0.05) is 17.7 Å². The Bertz CT molecular complexity index is 623. The first-order valence-electron chi connectivity index (χ1n) is 7.26. The summed E-state index contributed by atoms with van der Waals surface area (Å²) in [6.45, 7) is 3.31. The third-order valence-corrected chi connectivity index (χ3v) is 6.88. The van der Waals surface area contributed by atoms with E-state index in [0.29, 0.717) is 29.2 Å². The fourth-order valence-corrected chi connectivity index (χ4v) is 5.67. The molecule has 0 radical (unpaired) electrons. The van der Waals surface area contributed by atoms with Gasteiger partial charge in [-0.15, -0.1) is 0 Å². The number of hydrogen-bond donors (Lipinski definition) is 0. The molecular weight excluding hydrogens is 274 g/mol. The van der Waals surface area contributed by atoms with Gasteiger partial charge in [0.25, 0.3) is 0 Å². The highest BCUT2D eigenvalue weighted by molar-refractivity contribution is 7.89. The molecule has 3 fully saturated rings. The second-order valence-electron chi connectivity index (χ2n) is 6.37. The maximum absolute atomic E-state index is 12.8. The maximum Gasteiger partial charge on any atom is 0.245 e. The van der Waals surface area contributed by atoms with E-state index in [1.54, 1.807) is 16.4 Å². The Kier molecular flexibility index (Phi) is 2.75. The summed E-state index contributed by atoms with van der Waals surface area (Å²) in [7, 11) is -3.43. The van der Waals surface area contributed by atoms with Gasteiger partial charge in [0.15, 0.2) is 0 Å². The monoisotopic (exact) mass is 293 g/mol. The molecule has 3 aliphatic rings.